The Bertz CT molecular complexity index is 242. The van der Waals surface area contributed by atoms with Crippen molar-refractivity contribution in [2.24, 2.45) is 7.05 Å². The number of rotatable bonds is 5. The van der Waals surface area contributed by atoms with Gasteiger partial charge in [-0.05, 0) is 19.9 Å². The van der Waals surface area contributed by atoms with Crippen LogP contribution in [-0.4, -0.2) is 22.1 Å². The summed E-state index contributed by atoms with van der Waals surface area (Å²) in [7, 11) is 2.04. The zero-order chi connectivity index (χ0) is 9.68. The lowest BCUT2D eigenvalue weighted by molar-refractivity contribution is 0.520. The highest BCUT2D eigenvalue weighted by atomic mass is 15.0. The van der Waals surface area contributed by atoms with Gasteiger partial charge in [0, 0.05) is 31.9 Å². The lowest BCUT2D eigenvalue weighted by Gasteiger charge is -2.11. The second-order valence-electron chi connectivity index (χ2n) is 3.45. The van der Waals surface area contributed by atoms with Crippen LogP contribution in [-0.2, 0) is 13.5 Å². The summed E-state index contributed by atoms with van der Waals surface area (Å²) in [6.07, 6.45) is 6.05. The second-order valence-corrected chi connectivity index (χ2v) is 3.45. The van der Waals surface area contributed by atoms with E-state index in [1.165, 1.54) is 5.82 Å². The number of hydrogen-bond donors (Lipinski definition) is 1. The molecular weight excluding hydrogens is 162 g/mol. The van der Waals surface area contributed by atoms with E-state index >= 15 is 0 Å². The van der Waals surface area contributed by atoms with Crippen LogP contribution in [0, 0.1) is 0 Å². The molecule has 0 saturated heterocycles. The Morgan fingerprint density at radius 2 is 2.38 bits per heavy atom. The van der Waals surface area contributed by atoms with E-state index < -0.39 is 0 Å². The molecule has 0 fully saturated rings. The van der Waals surface area contributed by atoms with Crippen LogP contribution in [0.1, 0.15) is 26.1 Å². The molecule has 13 heavy (non-hydrogen) atoms. The predicted molar refractivity (Wildman–Crippen MR) is 54.7 cm³/mol. The molecule has 1 aromatic rings. The minimum Gasteiger partial charge on any atom is -0.338 e. The Morgan fingerprint density at radius 1 is 1.62 bits per heavy atom. The van der Waals surface area contributed by atoms with Gasteiger partial charge in [-0.1, -0.05) is 6.92 Å². The lowest BCUT2D eigenvalue weighted by atomic mass is 10.2. The molecule has 0 aliphatic heterocycles. The second kappa shape index (κ2) is 5.02. The third-order valence-electron chi connectivity index (χ3n) is 2.27. The molecule has 0 amide bonds. The van der Waals surface area contributed by atoms with Gasteiger partial charge in [-0.3, -0.25) is 0 Å². The molecule has 1 atom stereocenters. The van der Waals surface area contributed by atoms with Crippen LogP contribution in [0.4, 0.5) is 0 Å². The molecule has 1 rings (SSSR count). The summed E-state index contributed by atoms with van der Waals surface area (Å²) in [5.41, 5.74) is 0. The molecule has 3 heteroatoms. The van der Waals surface area contributed by atoms with Crippen molar-refractivity contribution >= 4 is 0 Å². The van der Waals surface area contributed by atoms with Crippen molar-refractivity contribution < 1.29 is 0 Å². The topological polar surface area (TPSA) is 29.9 Å². The summed E-state index contributed by atoms with van der Waals surface area (Å²) >= 11 is 0. The van der Waals surface area contributed by atoms with Gasteiger partial charge >= 0.3 is 0 Å². The molecule has 0 saturated carbocycles. The number of nitrogens with one attached hydrogen (secondary N) is 1. The van der Waals surface area contributed by atoms with Crippen LogP contribution < -0.4 is 5.32 Å². The van der Waals surface area contributed by atoms with Crippen molar-refractivity contribution in [2.45, 2.75) is 32.7 Å². The van der Waals surface area contributed by atoms with Crippen molar-refractivity contribution in [2.75, 3.05) is 6.54 Å². The van der Waals surface area contributed by atoms with Gasteiger partial charge in [0.15, 0.2) is 0 Å². The molecule has 1 aromatic heterocycles. The Morgan fingerprint density at radius 3 is 2.92 bits per heavy atom. The highest BCUT2D eigenvalue weighted by Crippen LogP contribution is 2.01. The van der Waals surface area contributed by atoms with E-state index in [0.717, 1.165) is 19.4 Å². The van der Waals surface area contributed by atoms with Gasteiger partial charge in [0.1, 0.15) is 5.82 Å². The maximum absolute atomic E-state index is 4.28. The van der Waals surface area contributed by atoms with E-state index in [-0.39, 0.29) is 0 Å². The van der Waals surface area contributed by atoms with Gasteiger partial charge in [-0.2, -0.15) is 0 Å². The molecule has 0 spiro atoms. The van der Waals surface area contributed by atoms with Crippen LogP contribution in [0.3, 0.4) is 0 Å². The van der Waals surface area contributed by atoms with E-state index in [1.54, 1.807) is 0 Å². The minimum atomic E-state index is 0.585. The molecule has 0 aliphatic rings. The fourth-order valence-electron chi connectivity index (χ4n) is 1.43. The quantitative estimate of drug-likeness (QED) is 0.743. The third-order valence-corrected chi connectivity index (χ3v) is 2.27. The molecular formula is C10H19N3. The maximum atomic E-state index is 4.28. The number of imidazole rings is 1. The first-order valence-electron chi connectivity index (χ1n) is 4.93. The Labute approximate surface area is 80.2 Å². The number of aryl methyl sites for hydroxylation is 2. The van der Waals surface area contributed by atoms with Crippen LogP contribution in [0.5, 0.6) is 0 Å². The summed E-state index contributed by atoms with van der Waals surface area (Å²) in [4.78, 5) is 4.28. The Balaban J connectivity index is 2.30. The first-order valence-corrected chi connectivity index (χ1v) is 4.93. The van der Waals surface area contributed by atoms with E-state index in [0.29, 0.717) is 6.04 Å². The Hall–Kier alpha value is -0.830. The van der Waals surface area contributed by atoms with Gasteiger partial charge in [0.25, 0.3) is 0 Å². The fourth-order valence-corrected chi connectivity index (χ4v) is 1.43. The molecule has 1 unspecified atom stereocenters. The van der Waals surface area contributed by atoms with Crippen molar-refractivity contribution in [1.82, 2.24) is 14.9 Å². The zero-order valence-electron chi connectivity index (χ0n) is 8.75. The zero-order valence-corrected chi connectivity index (χ0v) is 8.75. The molecule has 0 aromatic carbocycles. The summed E-state index contributed by atoms with van der Waals surface area (Å²) in [5.74, 6) is 1.17. The molecule has 0 radical (unpaired) electrons. The maximum Gasteiger partial charge on any atom is 0.108 e. The summed E-state index contributed by atoms with van der Waals surface area (Å²) in [6.45, 7) is 5.39. The number of nitrogens with zero attached hydrogens (tertiary/aromatic N) is 2. The average Bonchev–Trinajstić information content (AvgIpc) is 2.48. The molecule has 74 valence electrons. The van der Waals surface area contributed by atoms with Crippen molar-refractivity contribution in [1.29, 1.82) is 0 Å². The van der Waals surface area contributed by atoms with Gasteiger partial charge in [0.05, 0.1) is 0 Å². The van der Waals surface area contributed by atoms with Crippen LogP contribution in [0.2, 0.25) is 0 Å². The first kappa shape index (κ1) is 10.3. The lowest BCUT2D eigenvalue weighted by Crippen LogP contribution is -2.26. The van der Waals surface area contributed by atoms with Crippen LogP contribution in [0.15, 0.2) is 12.4 Å². The summed E-state index contributed by atoms with van der Waals surface area (Å²) in [5, 5.41) is 3.39. The predicted octanol–water partition coefficient (Wildman–Crippen LogP) is 1.35. The summed E-state index contributed by atoms with van der Waals surface area (Å²) < 4.78 is 2.08. The van der Waals surface area contributed by atoms with Crippen molar-refractivity contribution in [3.63, 3.8) is 0 Å². The van der Waals surface area contributed by atoms with Crippen molar-refractivity contribution in [3.05, 3.63) is 18.2 Å². The highest BCUT2D eigenvalue weighted by Gasteiger charge is 2.03. The van der Waals surface area contributed by atoms with Gasteiger partial charge in [-0.15, -0.1) is 0 Å². The van der Waals surface area contributed by atoms with Gasteiger partial charge in [-0.25, -0.2) is 4.98 Å². The molecule has 3 nitrogen and oxygen atoms in total. The Kier molecular flexibility index (Phi) is 3.96. The highest BCUT2D eigenvalue weighted by molar-refractivity contribution is 4.91. The largest absolute Gasteiger partial charge is 0.338 e. The fraction of sp³-hybridized carbons (Fsp3) is 0.700. The smallest absolute Gasteiger partial charge is 0.108 e. The minimum absolute atomic E-state index is 0.585. The monoisotopic (exact) mass is 181 g/mol. The molecule has 1 heterocycles. The normalized spacial score (nSPS) is 13.2. The van der Waals surface area contributed by atoms with Crippen molar-refractivity contribution in [3.8, 4) is 0 Å². The van der Waals surface area contributed by atoms with Crippen LogP contribution >= 0.6 is 0 Å². The van der Waals surface area contributed by atoms with E-state index in [1.807, 2.05) is 19.4 Å². The first-order chi connectivity index (χ1) is 6.24. The van der Waals surface area contributed by atoms with E-state index in [9.17, 15) is 0 Å². The SMILES string of the molecule is CCNC(C)CCc1nccn1C. The molecule has 0 aliphatic carbocycles. The van der Waals surface area contributed by atoms with E-state index in [4.69, 9.17) is 0 Å². The van der Waals surface area contributed by atoms with Gasteiger partial charge < -0.3 is 9.88 Å². The molecule has 1 N–H and O–H groups in total. The van der Waals surface area contributed by atoms with E-state index in [2.05, 4.69) is 28.7 Å². The summed E-state index contributed by atoms with van der Waals surface area (Å²) in [6, 6.07) is 0.585. The van der Waals surface area contributed by atoms with Gasteiger partial charge in [0.2, 0.25) is 0 Å². The van der Waals surface area contributed by atoms with Crippen LogP contribution in [0.25, 0.3) is 0 Å². The molecule has 0 bridgehead atoms. The number of hydrogen-bond acceptors (Lipinski definition) is 2. The average molecular weight is 181 g/mol. The standard InChI is InChI=1S/C10H19N3/c1-4-11-9(2)5-6-10-12-7-8-13(10)3/h7-9,11H,4-6H2,1-3H3. The number of aromatic nitrogens is 2. The third kappa shape index (κ3) is 3.19.